The number of aliphatic carboxylic acids is 4. The van der Waals surface area contributed by atoms with Crippen molar-refractivity contribution in [1.82, 2.24) is 0 Å². The van der Waals surface area contributed by atoms with Gasteiger partial charge in [-0.3, -0.25) is 23.7 Å². The van der Waals surface area contributed by atoms with E-state index in [9.17, 15) is 47.4 Å². The quantitative estimate of drug-likeness (QED) is 0.0804. The molecule has 0 saturated heterocycles. The number of hydrogen-bond donors (Lipinski definition) is 6. The number of carboxylic acid groups (broad SMARTS) is 4. The van der Waals surface area contributed by atoms with Crippen LogP contribution >= 0.6 is 0 Å². The Bertz CT molecular complexity index is 841. The molecule has 16 nitrogen and oxygen atoms in total. The molecule has 0 rings (SSSR count). The summed E-state index contributed by atoms with van der Waals surface area (Å²) in [5.74, 6) is -12.4. The maximum absolute atomic E-state index is 11.9. The third kappa shape index (κ3) is 14.1. The van der Waals surface area contributed by atoms with Gasteiger partial charge in [0.05, 0.1) is 25.7 Å². The van der Waals surface area contributed by atoms with Gasteiger partial charge in [-0.2, -0.15) is 8.42 Å². The van der Waals surface area contributed by atoms with Crippen molar-refractivity contribution in [3.05, 3.63) is 0 Å². The van der Waals surface area contributed by atoms with Crippen LogP contribution in [0.1, 0.15) is 25.7 Å². The number of carbonyl (C=O) groups is 6. The first-order valence-electron chi connectivity index (χ1n) is 6.97. The van der Waals surface area contributed by atoms with E-state index in [1.165, 1.54) is 0 Å². The zero-order valence-corrected chi connectivity index (χ0v) is 14.8. The maximum atomic E-state index is 11.9. The molecule has 20 heteroatoms. The summed E-state index contributed by atoms with van der Waals surface area (Å²) >= 11 is 0. The number of ether oxygens (including phenoxy) is 1. The minimum absolute atomic E-state index is 0. The Labute approximate surface area is 245 Å². The average Bonchev–Trinajstić information content (AvgIpc) is 2.41. The van der Waals surface area contributed by atoms with Crippen molar-refractivity contribution in [3.63, 3.8) is 0 Å². The predicted molar refractivity (Wildman–Crippen MR) is 102 cm³/mol. The van der Waals surface area contributed by atoms with Crippen molar-refractivity contribution in [1.29, 1.82) is 0 Å². The van der Waals surface area contributed by atoms with E-state index in [4.69, 9.17) is 19.9 Å². The van der Waals surface area contributed by atoms with Crippen molar-refractivity contribution in [3.8, 4) is 0 Å². The first-order valence-corrected chi connectivity index (χ1v) is 8.33. The first-order chi connectivity index (χ1) is 12.9. The SMILES string of the molecule is O=C(O)CC(O)(CC(=O)OC(CC(=O)O)(CC(=O)OS(=O)(=O)O)C(=O)O)C(=O)O.[NaH].[NaH].[NaH]. The van der Waals surface area contributed by atoms with Crippen LogP contribution in [0.15, 0.2) is 0 Å². The zero-order valence-electron chi connectivity index (χ0n) is 14.0. The van der Waals surface area contributed by atoms with Gasteiger partial charge >= 0.3 is 135 Å². The molecule has 0 radical (unpaired) electrons. The topological polar surface area (TPSA) is 276 Å². The van der Waals surface area contributed by atoms with Gasteiger partial charge in [-0.05, 0) is 0 Å². The summed E-state index contributed by atoms with van der Waals surface area (Å²) in [7, 11) is -5.45. The Hall–Kier alpha value is -0.310. The number of hydrogen-bond acceptors (Lipinski definition) is 11. The van der Waals surface area contributed by atoms with Crippen molar-refractivity contribution < 1.29 is 76.2 Å². The van der Waals surface area contributed by atoms with E-state index in [0.29, 0.717) is 0 Å². The molecule has 0 spiro atoms. The van der Waals surface area contributed by atoms with Gasteiger partial charge in [-0.25, -0.2) is 9.59 Å². The second-order valence-corrected chi connectivity index (χ2v) is 6.51. The van der Waals surface area contributed by atoms with Crippen LogP contribution in [0.4, 0.5) is 0 Å². The van der Waals surface area contributed by atoms with Crippen LogP contribution in [0.2, 0.25) is 0 Å². The number of esters is 1. The summed E-state index contributed by atoms with van der Waals surface area (Å²) < 4.78 is 37.1. The van der Waals surface area contributed by atoms with Crippen LogP contribution in [-0.4, -0.2) is 174 Å². The molecule has 2 unspecified atom stereocenters. The fraction of sp³-hybridized carbons (Fsp3) is 0.500. The molecule has 0 saturated carbocycles. The molecular formula is C12H17Na3O16S. The molecule has 6 N–H and O–H groups in total. The van der Waals surface area contributed by atoms with Crippen molar-refractivity contribution in [2.24, 2.45) is 0 Å². The Morgan fingerprint density at radius 3 is 1.44 bits per heavy atom. The molecule has 0 heterocycles. The van der Waals surface area contributed by atoms with Gasteiger partial charge in [0, 0.05) is 0 Å². The molecule has 0 aromatic rings. The van der Waals surface area contributed by atoms with Crippen LogP contribution in [-0.2, 0) is 48.1 Å². The predicted octanol–water partition coefficient (Wildman–Crippen LogP) is -4.70. The Balaban J connectivity index is -0.00000131. The summed E-state index contributed by atoms with van der Waals surface area (Å²) in [5.41, 5.74) is -6.64. The summed E-state index contributed by atoms with van der Waals surface area (Å²) in [4.78, 5) is 67.3. The third-order valence-corrected chi connectivity index (χ3v) is 3.44. The average molecular weight is 518 g/mol. The second kappa shape index (κ2) is 15.6. The van der Waals surface area contributed by atoms with Crippen LogP contribution < -0.4 is 0 Å². The van der Waals surface area contributed by atoms with E-state index in [0.717, 1.165) is 0 Å². The van der Waals surface area contributed by atoms with Crippen molar-refractivity contribution in [2.45, 2.75) is 36.9 Å². The van der Waals surface area contributed by atoms with Crippen LogP contribution in [0.25, 0.3) is 0 Å². The molecular weight excluding hydrogens is 501 g/mol. The minimum atomic E-state index is -5.45. The van der Waals surface area contributed by atoms with Crippen LogP contribution in [0, 0.1) is 0 Å². The van der Waals surface area contributed by atoms with E-state index >= 15 is 0 Å². The summed E-state index contributed by atoms with van der Waals surface area (Å²) in [5, 5.41) is 45.2. The molecule has 0 aliphatic rings. The van der Waals surface area contributed by atoms with E-state index in [1.807, 2.05) is 0 Å². The normalized spacial score (nSPS) is 13.8. The monoisotopic (exact) mass is 518 g/mol. The fourth-order valence-corrected chi connectivity index (χ4v) is 2.20. The van der Waals surface area contributed by atoms with Gasteiger partial charge in [-0.1, -0.05) is 0 Å². The summed E-state index contributed by atoms with van der Waals surface area (Å²) in [6.07, 6.45) is -6.67. The molecule has 0 fully saturated rings. The van der Waals surface area contributed by atoms with Gasteiger partial charge < -0.3 is 34.5 Å². The van der Waals surface area contributed by atoms with E-state index < -0.39 is 83.1 Å². The molecule has 0 aliphatic carbocycles. The van der Waals surface area contributed by atoms with Gasteiger partial charge in [-0.15, -0.1) is 0 Å². The van der Waals surface area contributed by atoms with Crippen molar-refractivity contribution >= 4 is 135 Å². The van der Waals surface area contributed by atoms with Crippen LogP contribution in [0.3, 0.4) is 0 Å². The molecule has 0 bridgehead atoms. The van der Waals surface area contributed by atoms with Gasteiger partial charge in [0.15, 0.2) is 5.60 Å². The number of rotatable bonds is 12. The Kier molecular flexibility index (Phi) is 18.9. The van der Waals surface area contributed by atoms with Gasteiger partial charge in [0.1, 0.15) is 0 Å². The summed E-state index contributed by atoms with van der Waals surface area (Å²) in [6, 6.07) is 0. The Morgan fingerprint density at radius 1 is 0.688 bits per heavy atom. The molecule has 0 aliphatic heterocycles. The van der Waals surface area contributed by atoms with Crippen molar-refractivity contribution in [2.75, 3.05) is 0 Å². The molecule has 170 valence electrons. The zero-order chi connectivity index (χ0) is 23.2. The second-order valence-electron chi connectivity index (χ2n) is 5.49. The standard InChI is InChI=1S/C12H14O16S.3Na.3H/c13-5(14)1-11(23,9(19)20)3-7(17)27-12(10(21)22,2-6(15)16)4-8(18)28-29(24,25)26;;;;;;/h23H,1-4H2,(H,13,14)(H,15,16)(H,19,20)(H,21,22)(H,24,25,26);;;;;;. The van der Waals surface area contributed by atoms with E-state index in [2.05, 4.69) is 8.92 Å². The van der Waals surface area contributed by atoms with Gasteiger partial charge in [0.2, 0.25) is 5.60 Å². The number of carbonyl (C=O) groups excluding carboxylic acids is 2. The number of aliphatic hydroxyl groups is 1. The van der Waals surface area contributed by atoms with Gasteiger partial charge in [0.25, 0.3) is 0 Å². The molecule has 0 amide bonds. The van der Waals surface area contributed by atoms with E-state index in [1.54, 1.807) is 0 Å². The molecule has 0 aromatic heterocycles. The Morgan fingerprint density at radius 2 is 1.12 bits per heavy atom. The fourth-order valence-electron chi connectivity index (χ4n) is 1.91. The third-order valence-electron chi connectivity index (χ3n) is 3.04. The van der Waals surface area contributed by atoms with E-state index in [-0.39, 0.29) is 88.7 Å². The number of carboxylic acids is 4. The van der Waals surface area contributed by atoms with Crippen LogP contribution in [0.5, 0.6) is 0 Å². The summed E-state index contributed by atoms with van der Waals surface area (Å²) in [6.45, 7) is 0. The molecule has 32 heavy (non-hydrogen) atoms. The molecule has 0 aromatic carbocycles. The first kappa shape index (κ1) is 38.9. The molecule has 2 atom stereocenters.